The van der Waals surface area contributed by atoms with Crippen LogP contribution in [0.4, 0.5) is 0 Å². The Labute approximate surface area is 117 Å². The first-order valence-corrected chi connectivity index (χ1v) is 6.41. The molecule has 1 aromatic carbocycles. The summed E-state index contributed by atoms with van der Waals surface area (Å²) in [5.74, 6) is 0.642. The van der Waals surface area contributed by atoms with E-state index in [1.165, 1.54) is 0 Å². The molecule has 0 spiro atoms. The summed E-state index contributed by atoms with van der Waals surface area (Å²) in [7, 11) is 1.60. The number of fused-ring (bicyclic) bond motifs is 1. The molecule has 0 aliphatic rings. The molecular formula is C11H10BrCl2NO2. The standard InChI is InChI=1S/C11H10BrCl2NO2/c1-16-4-5-8(3-15)17-11-7(13)2-6(12)10(14)9(5)11/h2H,3-4,15H2,1H3. The largest absolute Gasteiger partial charge is 0.458 e. The van der Waals surface area contributed by atoms with Crippen LogP contribution in [-0.4, -0.2) is 7.11 Å². The lowest BCUT2D eigenvalue weighted by Crippen LogP contribution is -1.99. The highest BCUT2D eigenvalue weighted by Gasteiger charge is 2.20. The second kappa shape index (κ2) is 5.16. The fraction of sp³-hybridized carbons (Fsp3) is 0.273. The molecule has 92 valence electrons. The van der Waals surface area contributed by atoms with Crippen LogP contribution >= 0.6 is 39.1 Å². The van der Waals surface area contributed by atoms with Gasteiger partial charge in [0, 0.05) is 22.5 Å². The molecule has 0 aliphatic heterocycles. The highest BCUT2D eigenvalue weighted by Crippen LogP contribution is 2.40. The van der Waals surface area contributed by atoms with E-state index in [2.05, 4.69) is 15.9 Å². The van der Waals surface area contributed by atoms with Gasteiger partial charge in [-0.2, -0.15) is 0 Å². The van der Waals surface area contributed by atoms with Crippen LogP contribution in [0.2, 0.25) is 10.0 Å². The molecule has 3 nitrogen and oxygen atoms in total. The number of nitrogens with two attached hydrogens (primary N) is 1. The van der Waals surface area contributed by atoms with Gasteiger partial charge in [0.2, 0.25) is 0 Å². The number of hydrogen-bond donors (Lipinski definition) is 1. The van der Waals surface area contributed by atoms with Crippen molar-refractivity contribution in [3.8, 4) is 0 Å². The predicted octanol–water partition coefficient (Wildman–Crippen LogP) is 4.11. The molecule has 0 aliphatic carbocycles. The van der Waals surface area contributed by atoms with Crippen LogP contribution in [0, 0.1) is 0 Å². The van der Waals surface area contributed by atoms with Gasteiger partial charge in [-0.3, -0.25) is 0 Å². The molecule has 0 bridgehead atoms. The van der Waals surface area contributed by atoms with Crippen LogP contribution in [0.5, 0.6) is 0 Å². The monoisotopic (exact) mass is 337 g/mol. The van der Waals surface area contributed by atoms with Gasteiger partial charge in [-0.15, -0.1) is 0 Å². The van der Waals surface area contributed by atoms with Crippen molar-refractivity contribution < 1.29 is 9.15 Å². The maximum Gasteiger partial charge on any atom is 0.154 e. The molecule has 0 atom stereocenters. The summed E-state index contributed by atoms with van der Waals surface area (Å²) in [6, 6.07) is 1.70. The lowest BCUT2D eigenvalue weighted by atomic mass is 10.1. The number of furan rings is 1. The van der Waals surface area contributed by atoms with Crippen LogP contribution in [-0.2, 0) is 17.9 Å². The van der Waals surface area contributed by atoms with Gasteiger partial charge in [-0.1, -0.05) is 23.2 Å². The third kappa shape index (κ3) is 2.20. The van der Waals surface area contributed by atoms with E-state index in [0.29, 0.717) is 28.0 Å². The average Bonchev–Trinajstić information content (AvgIpc) is 2.66. The van der Waals surface area contributed by atoms with E-state index in [1.54, 1.807) is 13.2 Å². The number of ether oxygens (including phenoxy) is 1. The van der Waals surface area contributed by atoms with Gasteiger partial charge in [0.25, 0.3) is 0 Å². The smallest absolute Gasteiger partial charge is 0.154 e. The Kier molecular flexibility index (Phi) is 4.00. The van der Waals surface area contributed by atoms with Gasteiger partial charge in [0.15, 0.2) is 5.58 Å². The minimum Gasteiger partial charge on any atom is -0.458 e. The van der Waals surface area contributed by atoms with Crippen molar-refractivity contribution in [1.82, 2.24) is 0 Å². The first-order valence-electron chi connectivity index (χ1n) is 4.86. The van der Waals surface area contributed by atoms with Gasteiger partial charge >= 0.3 is 0 Å². The summed E-state index contributed by atoms with van der Waals surface area (Å²) in [6.07, 6.45) is 0. The van der Waals surface area contributed by atoms with Crippen molar-refractivity contribution >= 4 is 50.1 Å². The van der Waals surface area contributed by atoms with E-state index in [1.807, 2.05) is 0 Å². The number of hydrogen-bond acceptors (Lipinski definition) is 3. The zero-order valence-electron chi connectivity index (χ0n) is 9.02. The van der Waals surface area contributed by atoms with Gasteiger partial charge < -0.3 is 14.9 Å². The molecule has 0 unspecified atom stereocenters. The maximum atomic E-state index is 6.25. The number of methoxy groups -OCH3 is 1. The molecule has 1 aromatic heterocycles. The summed E-state index contributed by atoms with van der Waals surface area (Å²) < 4.78 is 11.5. The van der Waals surface area contributed by atoms with Crippen LogP contribution in [0.15, 0.2) is 15.0 Å². The molecule has 2 rings (SSSR count). The van der Waals surface area contributed by atoms with Gasteiger partial charge in [-0.25, -0.2) is 0 Å². The molecule has 1 heterocycles. The fourth-order valence-electron chi connectivity index (χ4n) is 1.73. The summed E-state index contributed by atoms with van der Waals surface area (Å²) in [4.78, 5) is 0. The van der Waals surface area contributed by atoms with E-state index in [-0.39, 0.29) is 6.54 Å². The van der Waals surface area contributed by atoms with Gasteiger partial charge in [0.05, 0.1) is 23.2 Å². The predicted molar refractivity (Wildman–Crippen MR) is 72.5 cm³/mol. The Bertz CT molecular complexity index is 568. The summed E-state index contributed by atoms with van der Waals surface area (Å²) in [5, 5.41) is 1.81. The quantitative estimate of drug-likeness (QED) is 0.857. The molecule has 0 saturated carbocycles. The Morgan fingerprint density at radius 2 is 2.18 bits per heavy atom. The molecule has 0 fully saturated rings. The summed E-state index contributed by atoms with van der Waals surface area (Å²) in [6.45, 7) is 0.656. The van der Waals surface area contributed by atoms with E-state index >= 15 is 0 Å². The minimum absolute atomic E-state index is 0.275. The molecule has 0 amide bonds. The van der Waals surface area contributed by atoms with E-state index < -0.39 is 0 Å². The Morgan fingerprint density at radius 1 is 1.47 bits per heavy atom. The third-order valence-electron chi connectivity index (χ3n) is 2.46. The summed E-state index contributed by atoms with van der Waals surface area (Å²) in [5.41, 5.74) is 7.03. The van der Waals surface area contributed by atoms with Crippen LogP contribution in [0.3, 0.4) is 0 Å². The lowest BCUT2D eigenvalue weighted by Gasteiger charge is -2.02. The normalized spacial score (nSPS) is 11.4. The minimum atomic E-state index is 0.275. The van der Waals surface area contributed by atoms with Gasteiger partial charge in [-0.05, 0) is 22.0 Å². The molecule has 6 heteroatoms. The van der Waals surface area contributed by atoms with Crippen molar-refractivity contribution in [1.29, 1.82) is 0 Å². The Hall–Kier alpha value is -0.260. The van der Waals surface area contributed by atoms with E-state index in [0.717, 1.165) is 15.4 Å². The van der Waals surface area contributed by atoms with Crippen molar-refractivity contribution in [3.05, 3.63) is 31.9 Å². The van der Waals surface area contributed by atoms with Crippen molar-refractivity contribution in [2.75, 3.05) is 7.11 Å². The van der Waals surface area contributed by atoms with Crippen molar-refractivity contribution in [3.63, 3.8) is 0 Å². The molecule has 0 saturated heterocycles. The number of halogens is 3. The van der Waals surface area contributed by atoms with Crippen LogP contribution in [0.25, 0.3) is 11.0 Å². The first-order chi connectivity index (χ1) is 8.10. The molecule has 17 heavy (non-hydrogen) atoms. The molecule has 2 N–H and O–H groups in total. The van der Waals surface area contributed by atoms with Crippen molar-refractivity contribution in [2.45, 2.75) is 13.2 Å². The van der Waals surface area contributed by atoms with Gasteiger partial charge in [0.1, 0.15) is 5.76 Å². The fourth-order valence-corrected chi connectivity index (χ4v) is 2.79. The SMILES string of the molecule is COCc1c(CN)oc2c(Cl)cc(Br)c(Cl)c12. The summed E-state index contributed by atoms with van der Waals surface area (Å²) >= 11 is 15.7. The van der Waals surface area contributed by atoms with E-state index in [4.69, 9.17) is 38.1 Å². The topological polar surface area (TPSA) is 48.4 Å². The lowest BCUT2D eigenvalue weighted by molar-refractivity contribution is 0.184. The Morgan fingerprint density at radius 3 is 2.76 bits per heavy atom. The molecule has 0 radical (unpaired) electrons. The average molecular weight is 339 g/mol. The van der Waals surface area contributed by atoms with Crippen LogP contribution in [0.1, 0.15) is 11.3 Å². The highest BCUT2D eigenvalue weighted by molar-refractivity contribution is 9.10. The van der Waals surface area contributed by atoms with E-state index in [9.17, 15) is 0 Å². The first kappa shape index (κ1) is 13.2. The second-order valence-electron chi connectivity index (χ2n) is 3.50. The Balaban J connectivity index is 2.84. The third-order valence-corrected chi connectivity index (χ3v) is 3.99. The maximum absolute atomic E-state index is 6.25. The zero-order chi connectivity index (χ0) is 12.6. The second-order valence-corrected chi connectivity index (χ2v) is 5.14. The molecule has 2 aromatic rings. The number of benzene rings is 1. The molecular weight excluding hydrogens is 329 g/mol. The highest BCUT2D eigenvalue weighted by atomic mass is 79.9. The van der Waals surface area contributed by atoms with Crippen molar-refractivity contribution in [2.24, 2.45) is 5.73 Å². The number of rotatable bonds is 3. The zero-order valence-corrected chi connectivity index (χ0v) is 12.1. The van der Waals surface area contributed by atoms with Crippen LogP contribution < -0.4 is 5.73 Å².